The molecule has 1 fully saturated rings. The Bertz CT molecular complexity index is 138. The quantitative estimate of drug-likeness (QED) is 0.521. The van der Waals surface area contributed by atoms with Crippen LogP contribution in [0.5, 0.6) is 0 Å². The van der Waals surface area contributed by atoms with Gasteiger partial charge in [-0.05, 0) is 26.2 Å². The summed E-state index contributed by atoms with van der Waals surface area (Å²) in [6.45, 7) is 14.1. The smallest absolute Gasteiger partial charge is 0.0144 e. The minimum Gasteiger partial charge on any atom is -0.103 e. The summed E-state index contributed by atoms with van der Waals surface area (Å²) in [4.78, 5) is 0. The van der Waals surface area contributed by atoms with E-state index in [-0.39, 0.29) is 0 Å². The number of hydrogen-bond acceptors (Lipinski definition) is 0. The molecule has 0 aromatic rings. The molecule has 0 saturated heterocycles. The van der Waals surface area contributed by atoms with Crippen LogP contribution in [0.25, 0.3) is 0 Å². The molecule has 0 aromatic carbocycles. The minimum atomic E-state index is 1.02. The van der Waals surface area contributed by atoms with Gasteiger partial charge in [-0.25, -0.2) is 0 Å². The number of rotatable bonds is 2. The molecule has 0 heteroatoms. The van der Waals surface area contributed by atoms with Gasteiger partial charge in [-0.15, -0.1) is 6.58 Å². The highest BCUT2D eigenvalue weighted by molar-refractivity contribution is 5.00. The summed E-state index contributed by atoms with van der Waals surface area (Å²) < 4.78 is 0. The van der Waals surface area contributed by atoms with Crippen LogP contribution in [0.15, 0.2) is 24.3 Å². The predicted molar refractivity (Wildman–Crippen MR) is 68.6 cm³/mol. The lowest BCUT2D eigenvalue weighted by Crippen LogP contribution is -2.04. The summed E-state index contributed by atoms with van der Waals surface area (Å²) in [7, 11) is 0. The molecule has 0 bridgehead atoms. The molecule has 1 saturated carbocycles. The van der Waals surface area contributed by atoms with Crippen LogP contribution in [-0.4, -0.2) is 0 Å². The Hall–Kier alpha value is -0.520. The van der Waals surface area contributed by atoms with Gasteiger partial charge in [-0.1, -0.05) is 57.8 Å². The summed E-state index contributed by atoms with van der Waals surface area (Å²) in [5.74, 6) is 1.06. The van der Waals surface area contributed by atoms with Crippen molar-refractivity contribution in [2.45, 2.75) is 60.3 Å². The predicted octanol–water partition coefficient (Wildman–Crippen LogP) is 5.36. The van der Waals surface area contributed by atoms with E-state index >= 15 is 0 Å². The summed E-state index contributed by atoms with van der Waals surface area (Å²) in [6.07, 6.45) is 9.49. The maximum atomic E-state index is 3.61. The third-order valence-electron chi connectivity index (χ3n) is 2.35. The van der Waals surface area contributed by atoms with E-state index in [9.17, 15) is 0 Å². The van der Waals surface area contributed by atoms with Gasteiger partial charge in [0.15, 0.2) is 0 Å². The van der Waals surface area contributed by atoms with Crippen molar-refractivity contribution >= 4 is 0 Å². The molecule has 84 valence electrons. The molecule has 0 spiro atoms. The largest absolute Gasteiger partial charge is 0.103 e. The molecular weight excluding hydrogens is 168 g/mol. The molecule has 1 aliphatic rings. The van der Waals surface area contributed by atoms with Crippen molar-refractivity contribution < 1.29 is 0 Å². The van der Waals surface area contributed by atoms with E-state index in [1.54, 1.807) is 0 Å². The molecule has 1 aliphatic carbocycles. The highest BCUT2D eigenvalue weighted by Crippen LogP contribution is 2.24. The van der Waals surface area contributed by atoms with Crippen molar-refractivity contribution in [3.05, 3.63) is 24.3 Å². The summed E-state index contributed by atoms with van der Waals surface area (Å²) in [6, 6.07) is 0. The van der Waals surface area contributed by atoms with Crippen LogP contribution in [0.4, 0.5) is 0 Å². The second kappa shape index (κ2) is 12.5. The van der Waals surface area contributed by atoms with Gasteiger partial charge in [0.05, 0.1) is 0 Å². The Kier molecular flexibility index (Phi) is 14.2. The second-order valence-corrected chi connectivity index (χ2v) is 3.66. The highest BCUT2D eigenvalue weighted by Gasteiger charge is 2.09. The van der Waals surface area contributed by atoms with Crippen molar-refractivity contribution in [2.75, 3.05) is 0 Å². The summed E-state index contributed by atoms with van der Waals surface area (Å²) in [5.41, 5.74) is 1.38. The van der Waals surface area contributed by atoms with Crippen molar-refractivity contribution in [1.82, 2.24) is 0 Å². The second-order valence-electron chi connectivity index (χ2n) is 3.66. The van der Waals surface area contributed by atoms with Gasteiger partial charge in [0.1, 0.15) is 0 Å². The van der Waals surface area contributed by atoms with Crippen molar-refractivity contribution in [3.63, 3.8) is 0 Å². The van der Waals surface area contributed by atoms with Crippen LogP contribution in [0.1, 0.15) is 60.3 Å². The maximum absolute atomic E-state index is 3.61. The average molecular weight is 196 g/mol. The maximum Gasteiger partial charge on any atom is -0.0144 e. The summed E-state index contributed by atoms with van der Waals surface area (Å²) in [5, 5.41) is 0. The monoisotopic (exact) mass is 196 g/mol. The molecule has 0 unspecified atom stereocenters. The van der Waals surface area contributed by atoms with E-state index in [1.165, 1.54) is 24.8 Å². The minimum absolute atomic E-state index is 1.02. The fraction of sp³-hybridized carbons (Fsp3) is 0.714. The average Bonchev–Trinajstić information content (AvgIpc) is 2.19. The Morgan fingerprint density at radius 1 is 1.36 bits per heavy atom. The number of hydrogen-bond donors (Lipinski definition) is 0. The third kappa shape index (κ3) is 11.5. The van der Waals surface area contributed by atoms with E-state index in [2.05, 4.69) is 26.5 Å². The molecular formula is C14H28. The van der Waals surface area contributed by atoms with Gasteiger partial charge in [-0.3, -0.25) is 0 Å². The zero-order chi connectivity index (χ0) is 11.4. The van der Waals surface area contributed by atoms with Crippen molar-refractivity contribution in [3.8, 4) is 0 Å². The van der Waals surface area contributed by atoms with E-state index in [0.717, 1.165) is 12.3 Å². The lowest BCUT2D eigenvalue weighted by atomic mass is 9.88. The first kappa shape index (κ1) is 15.9. The first-order valence-corrected chi connectivity index (χ1v) is 5.93. The molecule has 14 heavy (non-hydrogen) atoms. The van der Waals surface area contributed by atoms with E-state index in [1.807, 2.05) is 26.8 Å². The normalized spacial score (nSPS) is 15.4. The SMILES string of the molecule is C=CC/C(C)=C\C.CC.CC1CCC1. The van der Waals surface area contributed by atoms with Crippen molar-refractivity contribution in [1.29, 1.82) is 0 Å². The highest BCUT2D eigenvalue weighted by atomic mass is 14.1. The molecule has 0 heterocycles. The van der Waals surface area contributed by atoms with E-state index < -0.39 is 0 Å². The molecule has 0 aromatic heterocycles. The Morgan fingerprint density at radius 2 is 1.79 bits per heavy atom. The zero-order valence-corrected chi connectivity index (χ0v) is 10.8. The van der Waals surface area contributed by atoms with E-state index in [4.69, 9.17) is 0 Å². The molecule has 0 amide bonds. The van der Waals surface area contributed by atoms with Crippen LogP contribution >= 0.6 is 0 Å². The fourth-order valence-corrected chi connectivity index (χ4v) is 0.958. The first-order valence-electron chi connectivity index (χ1n) is 5.93. The van der Waals surface area contributed by atoms with Crippen LogP contribution in [0, 0.1) is 5.92 Å². The van der Waals surface area contributed by atoms with Gasteiger partial charge in [0, 0.05) is 0 Å². The Labute approximate surface area is 91.1 Å². The molecule has 1 rings (SSSR count). The van der Waals surface area contributed by atoms with Crippen LogP contribution in [0.3, 0.4) is 0 Å². The van der Waals surface area contributed by atoms with Gasteiger partial charge in [-0.2, -0.15) is 0 Å². The molecule has 0 radical (unpaired) electrons. The molecule has 0 atom stereocenters. The van der Waals surface area contributed by atoms with Crippen molar-refractivity contribution in [2.24, 2.45) is 5.92 Å². The topological polar surface area (TPSA) is 0 Å². The van der Waals surface area contributed by atoms with Gasteiger partial charge in [0.25, 0.3) is 0 Å². The standard InChI is InChI=1S/C7H12.C5H10.C2H6/c1-4-6-7(3)5-2;1-5-3-2-4-5;1-2/h4-5H,1,6H2,2-3H3;5H,2-4H2,1H3;1-2H3/b7-5-;;. The zero-order valence-electron chi connectivity index (χ0n) is 10.8. The van der Waals surface area contributed by atoms with E-state index in [0.29, 0.717) is 0 Å². The van der Waals surface area contributed by atoms with Crippen LogP contribution in [0.2, 0.25) is 0 Å². The summed E-state index contributed by atoms with van der Waals surface area (Å²) >= 11 is 0. The lowest BCUT2D eigenvalue weighted by molar-refractivity contribution is 0.346. The fourth-order valence-electron chi connectivity index (χ4n) is 0.958. The Morgan fingerprint density at radius 3 is 1.86 bits per heavy atom. The van der Waals surface area contributed by atoms with Gasteiger partial charge >= 0.3 is 0 Å². The molecule has 0 nitrogen and oxygen atoms in total. The first-order chi connectivity index (χ1) is 6.70. The molecule has 0 aliphatic heterocycles. The lowest BCUT2D eigenvalue weighted by Gasteiger charge is -2.18. The van der Waals surface area contributed by atoms with Crippen LogP contribution in [-0.2, 0) is 0 Å². The van der Waals surface area contributed by atoms with Crippen LogP contribution < -0.4 is 0 Å². The van der Waals surface area contributed by atoms with Gasteiger partial charge in [0.2, 0.25) is 0 Å². The molecule has 0 N–H and O–H groups in total. The van der Waals surface area contributed by atoms with Gasteiger partial charge < -0.3 is 0 Å². The number of allylic oxidation sites excluding steroid dienone is 3. The Balaban J connectivity index is 0. The third-order valence-corrected chi connectivity index (χ3v) is 2.35.